The highest BCUT2D eigenvalue weighted by molar-refractivity contribution is 5.79. The number of aryl methyl sites for hydroxylation is 1. The fourth-order valence-electron chi connectivity index (χ4n) is 2.97. The molecule has 0 aromatic carbocycles. The molecule has 1 fully saturated rings. The van der Waals surface area contributed by atoms with Crippen LogP contribution in [0.5, 0.6) is 0 Å². The van der Waals surface area contributed by atoms with Crippen LogP contribution >= 0.6 is 0 Å². The van der Waals surface area contributed by atoms with Crippen molar-refractivity contribution in [2.75, 3.05) is 25.0 Å². The Morgan fingerprint density at radius 2 is 2.35 bits per heavy atom. The summed E-state index contributed by atoms with van der Waals surface area (Å²) >= 11 is 0. The molecule has 3 rings (SSSR count). The molecule has 0 N–H and O–H groups in total. The van der Waals surface area contributed by atoms with Gasteiger partial charge in [-0.3, -0.25) is 9.78 Å². The molecule has 2 aromatic rings. The van der Waals surface area contributed by atoms with Crippen LogP contribution in [0.3, 0.4) is 0 Å². The van der Waals surface area contributed by atoms with Gasteiger partial charge in [0.15, 0.2) is 0 Å². The van der Waals surface area contributed by atoms with Gasteiger partial charge in [0.05, 0.1) is 18.7 Å². The second-order valence-electron chi connectivity index (χ2n) is 5.97. The van der Waals surface area contributed by atoms with Crippen LogP contribution in [-0.2, 0) is 11.3 Å². The third kappa shape index (κ3) is 3.67. The fourth-order valence-corrected chi connectivity index (χ4v) is 2.97. The quantitative estimate of drug-likeness (QED) is 0.854. The lowest BCUT2D eigenvalue weighted by molar-refractivity contribution is -0.135. The van der Waals surface area contributed by atoms with Crippen molar-refractivity contribution in [2.45, 2.75) is 26.3 Å². The van der Waals surface area contributed by atoms with Gasteiger partial charge in [-0.05, 0) is 19.8 Å². The molecule has 0 aliphatic carbocycles. The van der Waals surface area contributed by atoms with Crippen molar-refractivity contribution in [1.29, 1.82) is 0 Å². The molecule has 1 amide bonds. The van der Waals surface area contributed by atoms with Gasteiger partial charge < -0.3 is 14.3 Å². The molecular formula is C16H21N5O2. The lowest BCUT2D eigenvalue weighted by Gasteiger charge is -2.34. The molecule has 0 radical (unpaired) electrons. The molecule has 1 aliphatic heterocycles. The van der Waals surface area contributed by atoms with Gasteiger partial charge >= 0.3 is 0 Å². The molecule has 0 bridgehead atoms. The van der Waals surface area contributed by atoms with Crippen molar-refractivity contribution < 1.29 is 9.32 Å². The van der Waals surface area contributed by atoms with E-state index in [-0.39, 0.29) is 11.8 Å². The number of nitrogens with zero attached hydrogens (tertiary/aromatic N) is 5. The van der Waals surface area contributed by atoms with Crippen LogP contribution in [-0.4, -0.2) is 46.1 Å². The van der Waals surface area contributed by atoms with Crippen molar-refractivity contribution in [3.8, 4) is 0 Å². The molecular weight excluding hydrogens is 294 g/mol. The second kappa shape index (κ2) is 6.76. The van der Waals surface area contributed by atoms with Crippen molar-refractivity contribution in [2.24, 2.45) is 5.92 Å². The van der Waals surface area contributed by atoms with Crippen LogP contribution in [0.15, 0.2) is 29.2 Å². The maximum Gasteiger partial charge on any atom is 0.227 e. The largest absolute Gasteiger partial charge is 0.361 e. The fraction of sp³-hybridized carbons (Fsp3) is 0.500. The zero-order valence-corrected chi connectivity index (χ0v) is 13.5. The molecule has 0 saturated carbocycles. The average Bonchev–Trinajstić information content (AvgIpc) is 3.00. The molecule has 122 valence electrons. The van der Waals surface area contributed by atoms with E-state index < -0.39 is 0 Å². The predicted molar refractivity (Wildman–Crippen MR) is 84.7 cm³/mol. The Balaban J connectivity index is 1.62. The monoisotopic (exact) mass is 315 g/mol. The average molecular weight is 315 g/mol. The number of anilines is 1. The highest BCUT2D eigenvalue weighted by Crippen LogP contribution is 2.22. The first-order valence-electron chi connectivity index (χ1n) is 7.81. The smallest absolute Gasteiger partial charge is 0.227 e. The van der Waals surface area contributed by atoms with Crippen molar-refractivity contribution in [3.05, 3.63) is 36.1 Å². The van der Waals surface area contributed by atoms with Crippen molar-refractivity contribution in [1.82, 2.24) is 20.0 Å². The molecule has 1 saturated heterocycles. The first-order valence-corrected chi connectivity index (χ1v) is 7.81. The van der Waals surface area contributed by atoms with Gasteiger partial charge in [-0.1, -0.05) is 5.16 Å². The molecule has 3 heterocycles. The van der Waals surface area contributed by atoms with Gasteiger partial charge in [0, 0.05) is 38.6 Å². The van der Waals surface area contributed by atoms with Crippen LogP contribution in [0.4, 0.5) is 5.82 Å². The van der Waals surface area contributed by atoms with Crippen LogP contribution in [0.25, 0.3) is 0 Å². The number of carbonyl (C=O) groups excluding carboxylic acids is 1. The summed E-state index contributed by atoms with van der Waals surface area (Å²) in [5.74, 6) is 1.70. The van der Waals surface area contributed by atoms with Gasteiger partial charge in [-0.2, -0.15) is 0 Å². The molecule has 7 nitrogen and oxygen atoms in total. The summed E-state index contributed by atoms with van der Waals surface area (Å²) in [6.45, 7) is 3.91. The summed E-state index contributed by atoms with van der Waals surface area (Å²) in [4.78, 5) is 25.0. The molecule has 0 spiro atoms. The van der Waals surface area contributed by atoms with Crippen molar-refractivity contribution in [3.63, 3.8) is 0 Å². The normalized spacial score (nSPS) is 18.0. The van der Waals surface area contributed by atoms with Gasteiger partial charge in [0.1, 0.15) is 17.3 Å². The van der Waals surface area contributed by atoms with Gasteiger partial charge in [0.2, 0.25) is 5.91 Å². The minimum atomic E-state index is -0.0243. The molecule has 2 aromatic heterocycles. The Hall–Kier alpha value is -2.44. The summed E-state index contributed by atoms with van der Waals surface area (Å²) in [7, 11) is 1.81. The maximum absolute atomic E-state index is 12.7. The standard InChI is InChI=1S/C16H21N5O2/c1-12-8-14(19-23-12)11-20(2)16(22)13-4-3-7-21(10-13)15-9-17-5-6-18-15/h5-6,8-9,13H,3-4,7,10-11H2,1-2H3/t13-/m1/s1. The van der Waals surface area contributed by atoms with Crippen molar-refractivity contribution >= 4 is 11.7 Å². The molecule has 1 aliphatic rings. The van der Waals surface area contributed by atoms with Crippen LogP contribution < -0.4 is 4.90 Å². The van der Waals surface area contributed by atoms with Gasteiger partial charge in [0.25, 0.3) is 0 Å². The molecule has 7 heteroatoms. The second-order valence-corrected chi connectivity index (χ2v) is 5.97. The SMILES string of the molecule is Cc1cc(CN(C)C(=O)[C@@H]2CCCN(c3cnccn3)C2)no1. The highest BCUT2D eigenvalue weighted by atomic mass is 16.5. The zero-order chi connectivity index (χ0) is 16.2. The Bertz CT molecular complexity index is 658. The topological polar surface area (TPSA) is 75.4 Å². The van der Waals surface area contributed by atoms with Crippen LogP contribution in [0.2, 0.25) is 0 Å². The zero-order valence-electron chi connectivity index (χ0n) is 13.5. The van der Waals surface area contributed by atoms with Gasteiger partial charge in [-0.25, -0.2) is 4.98 Å². The highest BCUT2D eigenvalue weighted by Gasteiger charge is 2.29. The number of piperidine rings is 1. The molecule has 1 atom stereocenters. The van der Waals surface area contributed by atoms with Crippen LogP contribution in [0, 0.1) is 12.8 Å². The van der Waals surface area contributed by atoms with E-state index in [1.54, 1.807) is 23.5 Å². The minimum absolute atomic E-state index is 0.0243. The maximum atomic E-state index is 12.7. The Morgan fingerprint density at radius 1 is 1.48 bits per heavy atom. The Kier molecular flexibility index (Phi) is 4.55. The number of aromatic nitrogens is 3. The van der Waals surface area contributed by atoms with Crippen LogP contribution in [0.1, 0.15) is 24.3 Å². The lowest BCUT2D eigenvalue weighted by Crippen LogP contribution is -2.43. The predicted octanol–water partition coefficient (Wildman–Crippen LogP) is 1.65. The number of rotatable bonds is 4. The number of amides is 1. The van der Waals surface area contributed by atoms with E-state index in [1.807, 2.05) is 20.0 Å². The number of hydrogen-bond donors (Lipinski definition) is 0. The van der Waals surface area contributed by atoms with E-state index in [1.165, 1.54) is 0 Å². The first-order chi connectivity index (χ1) is 11.1. The van der Waals surface area contributed by atoms with E-state index in [4.69, 9.17) is 4.52 Å². The third-order valence-electron chi connectivity index (χ3n) is 4.10. The minimum Gasteiger partial charge on any atom is -0.361 e. The molecule has 23 heavy (non-hydrogen) atoms. The lowest BCUT2D eigenvalue weighted by atomic mass is 9.96. The first kappa shape index (κ1) is 15.5. The summed E-state index contributed by atoms with van der Waals surface area (Å²) in [5.41, 5.74) is 0.778. The third-order valence-corrected chi connectivity index (χ3v) is 4.10. The summed E-state index contributed by atoms with van der Waals surface area (Å²) in [6.07, 6.45) is 6.96. The number of carbonyl (C=O) groups is 1. The number of hydrogen-bond acceptors (Lipinski definition) is 6. The summed E-state index contributed by atoms with van der Waals surface area (Å²) in [5, 5.41) is 3.95. The van der Waals surface area contributed by atoms with E-state index >= 15 is 0 Å². The van der Waals surface area contributed by atoms with E-state index in [2.05, 4.69) is 20.0 Å². The summed E-state index contributed by atoms with van der Waals surface area (Å²) in [6, 6.07) is 1.86. The van der Waals surface area contributed by atoms with E-state index in [0.717, 1.165) is 36.7 Å². The Morgan fingerprint density at radius 3 is 3.04 bits per heavy atom. The Labute approximate surface area is 135 Å². The van der Waals surface area contributed by atoms with E-state index in [9.17, 15) is 4.79 Å². The molecule has 0 unspecified atom stereocenters. The van der Waals surface area contributed by atoms with E-state index in [0.29, 0.717) is 13.1 Å². The van der Waals surface area contributed by atoms with Gasteiger partial charge in [-0.15, -0.1) is 0 Å². The summed E-state index contributed by atoms with van der Waals surface area (Å²) < 4.78 is 5.05.